The largest absolute Gasteiger partial charge is 0.493 e. The third-order valence-electron chi connectivity index (χ3n) is 5.79. The maximum Gasteiger partial charge on any atom is 0.325 e. The lowest BCUT2D eigenvalue weighted by molar-refractivity contribution is -0.144. The summed E-state index contributed by atoms with van der Waals surface area (Å²) in [6.45, 7) is 7.66. The van der Waals surface area contributed by atoms with E-state index in [2.05, 4.69) is 23.6 Å². The van der Waals surface area contributed by atoms with E-state index in [4.69, 9.17) is 14.2 Å². The molecule has 1 unspecified atom stereocenters. The van der Waals surface area contributed by atoms with Crippen molar-refractivity contribution in [1.82, 2.24) is 9.80 Å². The predicted molar refractivity (Wildman–Crippen MR) is 106 cm³/mol. The number of carboxylic acids is 1. The van der Waals surface area contributed by atoms with Gasteiger partial charge in [-0.15, -0.1) is 0 Å². The molecule has 2 fully saturated rings. The Morgan fingerprint density at radius 3 is 2.25 bits per heavy atom. The first-order valence-electron chi connectivity index (χ1n) is 10.0. The lowest BCUT2D eigenvalue weighted by Crippen LogP contribution is -2.53. The van der Waals surface area contributed by atoms with Crippen molar-refractivity contribution in [2.24, 2.45) is 0 Å². The molecule has 0 aliphatic carbocycles. The third kappa shape index (κ3) is 4.59. The van der Waals surface area contributed by atoms with E-state index in [9.17, 15) is 9.90 Å². The normalized spacial score (nSPS) is 26.0. The van der Waals surface area contributed by atoms with Crippen LogP contribution in [0, 0.1) is 0 Å². The molecule has 0 amide bonds. The molecule has 28 heavy (non-hydrogen) atoms. The van der Waals surface area contributed by atoms with Crippen LogP contribution in [0.1, 0.15) is 38.3 Å². The average molecular weight is 392 g/mol. The van der Waals surface area contributed by atoms with E-state index in [-0.39, 0.29) is 12.2 Å². The zero-order chi connectivity index (χ0) is 20.3. The van der Waals surface area contributed by atoms with E-state index in [1.165, 1.54) is 0 Å². The van der Waals surface area contributed by atoms with Crippen LogP contribution in [0.4, 0.5) is 0 Å². The van der Waals surface area contributed by atoms with Crippen molar-refractivity contribution in [2.45, 2.75) is 51.0 Å². The van der Waals surface area contributed by atoms with Crippen LogP contribution in [-0.4, -0.2) is 79.5 Å². The van der Waals surface area contributed by atoms with Gasteiger partial charge in [0.1, 0.15) is 6.04 Å². The molecule has 2 aliphatic heterocycles. The van der Waals surface area contributed by atoms with Crippen molar-refractivity contribution < 1.29 is 24.1 Å². The van der Waals surface area contributed by atoms with Crippen LogP contribution >= 0.6 is 0 Å². The highest BCUT2D eigenvalue weighted by Gasteiger charge is 2.35. The van der Waals surface area contributed by atoms with E-state index in [1.54, 1.807) is 26.4 Å². The number of morpholine rings is 1. The summed E-state index contributed by atoms with van der Waals surface area (Å²) >= 11 is 0. The van der Waals surface area contributed by atoms with E-state index in [1.807, 2.05) is 6.07 Å². The molecule has 3 atom stereocenters. The molecular weight excluding hydrogens is 360 g/mol. The molecule has 3 rings (SSSR count). The van der Waals surface area contributed by atoms with Gasteiger partial charge < -0.3 is 19.3 Å². The minimum Gasteiger partial charge on any atom is -0.493 e. The smallest absolute Gasteiger partial charge is 0.325 e. The summed E-state index contributed by atoms with van der Waals surface area (Å²) in [4.78, 5) is 16.7. The van der Waals surface area contributed by atoms with Gasteiger partial charge in [-0.1, -0.05) is 6.07 Å². The number of rotatable bonds is 6. The van der Waals surface area contributed by atoms with E-state index < -0.39 is 12.0 Å². The summed E-state index contributed by atoms with van der Waals surface area (Å²) < 4.78 is 16.5. The molecule has 2 heterocycles. The number of nitrogens with zero attached hydrogens (tertiary/aromatic N) is 2. The minimum absolute atomic E-state index is 0.250. The van der Waals surface area contributed by atoms with Crippen LogP contribution in [0.3, 0.4) is 0 Å². The van der Waals surface area contributed by atoms with Crippen LogP contribution in [0.2, 0.25) is 0 Å². The second-order valence-electron chi connectivity index (χ2n) is 7.83. The topological polar surface area (TPSA) is 71.5 Å². The molecule has 7 heteroatoms. The summed E-state index contributed by atoms with van der Waals surface area (Å²) in [5, 5.41) is 9.91. The van der Waals surface area contributed by atoms with E-state index in [0.717, 1.165) is 44.6 Å². The van der Waals surface area contributed by atoms with Crippen LogP contribution in [-0.2, 0) is 9.53 Å². The maximum atomic E-state index is 12.1. The molecule has 156 valence electrons. The maximum absolute atomic E-state index is 12.1. The predicted octanol–water partition coefficient (Wildman–Crippen LogP) is 2.40. The molecule has 0 radical (unpaired) electrons. The number of carbonyl (C=O) groups is 1. The van der Waals surface area contributed by atoms with Gasteiger partial charge in [-0.05, 0) is 44.4 Å². The number of benzene rings is 1. The van der Waals surface area contributed by atoms with Crippen molar-refractivity contribution >= 4 is 5.97 Å². The van der Waals surface area contributed by atoms with Crippen LogP contribution in [0.15, 0.2) is 18.2 Å². The molecule has 0 bridgehead atoms. The number of carboxylic acid groups (broad SMARTS) is 1. The van der Waals surface area contributed by atoms with Gasteiger partial charge in [0.15, 0.2) is 11.5 Å². The molecule has 0 saturated carbocycles. The highest BCUT2D eigenvalue weighted by molar-refractivity contribution is 5.76. The summed E-state index contributed by atoms with van der Waals surface area (Å²) in [5.41, 5.74) is 0.720. The zero-order valence-corrected chi connectivity index (χ0v) is 17.3. The van der Waals surface area contributed by atoms with Crippen LogP contribution in [0.5, 0.6) is 11.5 Å². The number of piperidine rings is 1. The number of likely N-dealkylation sites (tertiary alicyclic amines) is 1. The molecule has 1 aromatic carbocycles. The molecule has 7 nitrogen and oxygen atoms in total. The first-order chi connectivity index (χ1) is 13.4. The number of ether oxygens (including phenoxy) is 3. The third-order valence-corrected chi connectivity index (χ3v) is 5.79. The molecule has 2 saturated heterocycles. The van der Waals surface area contributed by atoms with E-state index >= 15 is 0 Å². The molecular formula is C21H32N2O5. The Labute approximate surface area is 167 Å². The van der Waals surface area contributed by atoms with Crippen LogP contribution < -0.4 is 9.47 Å². The first-order valence-corrected chi connectivity index (χ1v) is 10.0. The number of aliphatic carboxylic acids is 1. The van der Waals surface area contributed by atoms with Gasteiger partial charge in [0.2, 0.25) is 0 Å². The Balaban J connectivity index is 1.69. The fraction of sp³-hybridized carbons (Fsp3) is 0.667. The van der Waals surface area contributed by atoms with Gasteiger partial charge in [-0.3, -0.25) is 14.6 Å². The fourth-order valence-electron chi connectivity index (χ4n) is 4.56. The van der Waals surface area contributed by atoms with Gasteiger partial charge in [0.25, 0.3) is 0 Å². The fourth-order valence-corrected chi connectivity index (χ4v) is 4.56. The summed E-state index contributed by atoms with van der Waals surface area (Å²) in [6, 6.07) is 5.17. The summed E-state index contributed by atoms with van der Waals surface area (Å²) in [5.74, 6) is 0.321. The lowest BCUT2D eigenvalue weighted by Gasteiger charge is -2.44. The van der Waals surface area contributed by atoms with Gasteiger partial charge >= 0.3 is 5.97 Å². The van der Waals surface area contributed by atoms with Gasteiger partial charge in [0.05, 0.1) is 26.4 Å². The number of hydrogen-bond donors (Lipinski definition) is 1. The second kappa shape index (κ2) is 9.11. The SMILES string of the molecule is COc1ccc(C(C(=O)O)N2CCC(N3C[C@@H](C)O[C@@H](C)C3)CC2)cc1OC. The molecule has 1 aromatic rings. The van der Waals surface area contributed by atoms with Crippen molar-refractivity contribution in [3.8, 4) is 11.5 Å². The molecule has 1 N–H and O–H groups in total. The Kier molecular flexibility index (Phi) is 6.80. The van der Waals surface area contributed by atoms with Gasteiger partial charge in [-0.25, -0.2) is 0 Å². The highest BCUT2D eigenvalue weighted by Crippen LogP contribution is 2.34. The number of hydrogen-bond acceptors (Lipinski definition) is 6. The van der Waals surface area contributed by atoms with Crippen molar-refractivity contribution in [3.05, 3.63) is 23.8 Å². The molecule has 2 aliphatic rings. The van der Waals surface area contributed by atoms with Crippen molar-refractivity contribution in [2.75, 3.05) is 40.4 Å². The minimum atomic E-state index is -0.834. The average Bonchev–Trinajstić information content (AvgIpc) is 2.67. The molecule has 0 aromatic heterocycles. The standard InChI is InChI=1S/C21H32N2O5/c1-14-12-23(13-15(2)28-14)17-7-9-22(10-8-17)20(21(24)25)16-5-6-18(26-3)19(11-16)27-4/h5-6,11,14-15,17,20H,7-10,12-13H2,1-4H3,(H,24,25)/t14-,15+,20?. The van der Waals surface area contributed by atoms with Crippen molar-refractivity contribution in [1.29, 1.82) is 0 Å². The highest BCUT2D eigenvalue weighted by atomic mass is 16.5. The van der Waals surface area contributed by atoms with Crippen LogP contribution in [0.25, 0.3) is 0 Å². The van der Waals surface area contributed by atoms with Gasteiger partial charge in [-0.2, -0.15) is 0 Å². The Morgan fingerprint density at radius 2 is 1.71 bits per heavy atom. The first kappa shape index (κ1) is 20.9. The van der Waals surface area contributed by atoms with Gasteiger partial charge in [0, 0.05) is 32.2 Å². The second-order valence-corrected chi connectivity index (χ2v) is 7.83. The van der Waals surface area contributed by atoms with Crippen molar-refractivity contribution in [3.63, 3.8) is 0 Å². The number of methoxy groups -OCH3 is 2. The Morgan fingerprint density at radius 1 is 1.11 bits per heavy atom. The Bertz CT molecular complexity index is 665. The summed E-state index contributed by atoms with van der Waals surface area (Å²) in [7, 11) is 3.14. The quantitative estimate of drug-likeness (QED) is 0.797. The zero-order valence-electron chi connectivity index (χ0n) is 17.3. The molecule has 0 spiro atoms. The lowest BCUT2D eigenvalue weighted by atomic mass is 9.97. The summed E-state index contributed by atoms with van der Waals surface area (Å²) in [6.07, 6.45) is 2.44. The monoisotopic (exact) mass is 392 g/mol. The van der Waals surface area contributed by atoms with E-state index in [0.29, 0.717) is 17.5 Å². The Hall–Kier alpha value is -1.83.